The van der Waals surface area contributed by atoms with Gasteiger partial charge in [-0.05, 0) is 44.2 Å². The highest BCUT2D eigenvalue weighted by Crippen LogP contribution is 2.43. The van der Waals surface area contributed by atoms with E-state index < -0.39 is 5.60 Å². The molecule has 0 spiro atoms. The summed E-state index contributed by atoms with van der Waals surface area (Å²) < 4.78 is 5.58. The molecule has 2 aromatic carbocycles. The minimum atomic E-state index is -0.461. The van der Waals surface area contributed by atoms with Crippen LogP contribution in [-0.4, -0.2) is 29.7 Å². The zero-order valence-electron chi connectivity index (χ0n) is 16.2. The minimum Gasteiger partial charge on any atom is -0.444 e. The summed E-state index contributed by atoms with van der Waals surface area (Å²) in [5.41, 5.74) is 1.99. The van der Waals surface area contributed by atoms with Crippen LogP contribution in [0.1, 0.15) is 45.2 Å². The molecule has 1 unspecified atom stereocenters. The average molecular weight is 351 g/mol. The fourth-order valence-electron chi connectivity index (χ4n) is 3.93. The number of rotatable bonds is 3. The lowest BCUT2D eigenvalue weighted by molar-refractivity contribution is 0.0284. The second-order valence-electron chi connectivity index (χ2n) is 8.35. The Morgan fingerprint density at radius 1 is 0.923 bits per heavy atom. The first-order valence-electron chi connectivity index (χ1n) is 9.39. The SMILES string of the molecule is CC(C)(C)OC(=O)N1CCC(C(C)(c2ccccc2)c2ccccc2)C1. The van der Waals surface area contributed by atoms with E-state index in [1.165, 1.54) is 11.1 Å². The summed E-state index contributed by atoms with van der Waals surface area (Å²) in [4.78, 5) is 14.4. The largest absolute Gasteiger partial charge is 0.444 e. The smallest absolute Gasteiger partial charge is 0.410 e. The van der Waals surface area contributed by atoms with Gasteiger partial charge in [0.05, 0.1) is 0 Å². The molecule has 26 heavy (non-hydrogen) atoms. The fraction of sp³-hybridized carbons (Fsp3) is 0.435. The maximum Gasteiger partial charge on any atom is 0.410 e. The molecule has 0 aromatic heterocycles. The van der Waals surface area contributed by atoms with Crippen LogP contribution in [0, 0.1) is 5.92 Å². The quantitative estimate of drug-likeness (QED) is 0.756. The van der Waals surface area contributed by atoms with Gasteiger partial charge >= 0.3 is 6.09 Å². The molecule has 0 bridgehead atoms. The van der Waals surface area contributed by atoms with Crippen LogP contribution in [-0.2, 0) is 10.2 Å². The van der Waals surface area contributed by atoms with Crippen molar-refractivity contribution in [1.82, 2.24) is 4.90 Å². The van der Waals surface area contributed by atoms with Crippen LogP contribution in [0.4, 0.5) is 4.79 Å². The van der Waals surface area contributed by atoms with Crippen LogP contribution in [0.2, 0.25) is 0 Å². The van der Waals surface area contributed by atoms with Crippen LogP contribution < -0.4 is 0 Å². The maximum atomic E-state index is 12.5. The molecule has 0 N–H and O–H groups in total. The van der Waals surface area contributed by atoms with Crippen molar-refractivity contribution in [3.05, 3.63) is 71.8 Å². The van der Waals surface area contributed by atoms with Gasteiger partial charge in [-0.3, -0.25) is 0 Å². The first-order chi connectivity index (χ1) is 12.3. The fourth-order valence-corrected chi connectivity index (χ4v) is 3.93. The zero-order valence-corrected chi connectivity index (χ0v) is 16.2. The number of carbonyl (C=O) groups is 1. The first kappa shape index (κ1) is 18.5. The van der Waals surface area contributed by atoms with Crippen molar-refractivity contribution < 1.29 is 9.53 Å². The van der Waals surface area contributed by atoms with E-state index in [1.807, 2.05) is 25.7 Å². The molecule has 0 aliphatic carbocycles. The Labute approximate surface area is 157 Å². The molecule has 0 radical (unpaired) electrons. The molecule has 3 rings (SSSR count). The Kier molecular flexibility index (Phi) is 5.08. The number of likely N-dealkylation sites (tertiary alicyclic amines) is 1. The highest BCUT2D eigenvalue weighted by Gasteiger charge is 2.43. The van der Waals surface area contributed by atoms with Gasteiger partial charge in [-0.25, -0.2) is 4.79 Å². The molecule has 3 nitrogen and oxygen atoms in total. The van der Waals surface area contributed by atoms with Gasteiger partial charge in [0.25, 0.3) is 0 Å². The molecule has 138 valence electrons. The predicted octanol–water partition coefficient (Wildman–Crippen LogP) is 5.25. The average Bonchev–Trinajstić information content (AvgIpc) is 3.12. The summed E-state index contributed by atoms with van der Waals surface area (Å²) in [5.74, 6) is 0.347. The van der Waals surface area contributed by atoms with Gasteiger partial charge in [0.15, 0.2) is 0 Å². The van der Waals surface area contributed by atoms with Gasteiger partial charge in [-0.2, -0.15) is 0 Å². The van der Waals surface area contributed by atoms with Crippen molar-refractivity contribution in [1.29, 1.82) is 0 Å². The molecule has 3 heteroatoms. The van der Waals surface area contributed by atoms with Crippen molar-refractivity contribution >= 4 is 6.09 Å². The van der Waals surface area contributed by atoms with Crippen LogP contribution >= 0.6 is 0 Å². The summed E-state index contributed by atoms with van der Waals surface area (Å²) in [5, 5.41) is 0. The van der Waals surface area contributed by atoms with Crippen LogP contribution in [0.15, 0.2) is 60.7 Å². The lowest BCUT2D eigenvalue weighted by Crippen LogP contribution is -2.39. The van der Waals surface area contributed by atoms with Crippen LogP contribution in [0.3, 0.4) is 0 Å². The molecule has 2 aromatic rings. The van der Waals surface area contributed by atoms with Crippen LogP contribution in [0.25, 0.3) is 0 Å². The second-order valence-corrected chi connectivity index (χ2v) is 8.35. The molecule has 1 fully saturated rings. The van der Waals surface area contributed by atoms with Crippen molar-refractivity contribution in [2.45, 2.75) is 45.1 Å². The number of benzene rings is 2. The van der Waals surface area contributed by atoms with Crippen molar-refractivity contribution in [3.63, 3.8) is 0 Å². The Bertz CT molecular complexity index is 694. The van der Waals surface area contributed by atoms with Crippen molar-refractivity contribution in [2.24, 2.45) is 5.92 Å². The monoisotopic (exact) mass is 351 g/mol. The van der Waals surface area contributed by atoms with E-state index >= 15 is 0 Å². The number of hydrogen-bond donors (Lipinski definition) is 0. The minimum absolute atomic E-state index is 0.140. The Balaban J connectivity index is 1.89. The second kappa shape index (κ2) is 7.14. The number of amides is 1. The van der Waals surface area contributed by atoms with E-state index in [0.29, 0.717) is 5.92 Å². The predicted molar refractivity (Wildman–Crippen MR) is 105 cm³/mol. The van der Waals surface area contributed by atoms with Gasteiger partial charge in [0.2, 0.25) is 0 Å². The molecular weight excluding hydrogens is 322 g/mol. The topological polar surface area (TPSA) is 29.5 Å². The van der Waals surface area contributed by atoms with E-state index in [1.54, 1.807) is 0 Å². The van der Waals surface area contributed by atoms with Crippen LogP contribution in [0.5, 0.6) is 0 Å². The summed E-state index contributed by atoms with van der Waals surface area (Å²) in [6.07, 6.45) is 0.767. The van der Waals surface area contributed by atoms with E-state index in [-0.39, 0.29) is 11.5 Å². The first-order valence-corrected chi connectivity index (χ1v) is 9.39. The van der Waals surface area contributed by atoms with Crippen molar-refractivity contribution in [2.75, 3.05) is 13.1 Å². The highest BCUT2D eigenvalue weighted by atomic mass is 16.6. The summed E-state index contributed by atoms with van der Waals surface area (Å²) in [7, 11) is 0. The van der Waals surface area contributed by atoms with E-state index in [4.69, 9.17) is 4.74 Å². The van der Waals surface area contributed by atoms with Gasteiger partial charge in [-0.15, -0.1) is 0 Å². The standard InChI is InChI=1S/C23H29NO2/c1-22(2,3)26-21(25)24-16-15-20(17-24)23(4,18-11-7-5-8-12-18)19-13-9-6-10-14-19/h5-14,20H,15-17H2,1-4H3. The summed E-state index contributed by atoms with van der Waals surface area (Å²) in [6, 6.07) is 21.3. The molecule has 1 heterocycles. The third-order valence-electron chi connectivity index (χ3n) is 5.40. The maximum absolute atomic E-state index is 12.5. The Morgan fingerprint density at radius 2 is 1.42 bits per heavy atom. The summed E-state index contributed by atoms with van der Waals surface area (Å²) in [6.45, 7) is 9.51. The van der Waals surface area contributed by atoms with Gasteiger partial charge in [0, 0.05) is 18.5 Å². The van der Waals surface area contributed by atoms with Gasteiger partial charge in [0.1, 0.15) is 5.60 Å². The Hall–Kier alpha value is -2.29. The van der Waals surface area contributed by atoms with E-state index in [2.05, 4.69) is 67.6 Å². The van der Waals surface area contributed by atoms with Gasteiger partial charge in [-0.1, -0.05) is 67.6 Å². The highest BCUT2D eigenvalue weighted by molar-refractivity contribution is 5.68. The molecular formula is C23H29NO2. The molecule has 1 atom stereocenters. The molecule has 1 amide bonds. The third kappa shape index (κ3) is 3.77. The zero-order chi connectivity index (χ0) is 18.8. The third-order valence-corrected chi connectivity index (χ3v) is 5.40. The number of ether oxygens (including phenoxy) is 1. The number of hydrogen-bond acceptors (Lipinski definition) is 2. The van der Waals surface area contributed by atoms with Gasteiger partial charge < -0.3 is 9.64 Å². The number of carbonyl (C=O) groups excluding carboxylic acids is 1. The Morgan fingerprint density at radius 3 is 1.88 bits per heavy atom. The van der Waals surface area contributed by atoms with E-state index in [9.17, 15) is 4.79 Å². The molecule has 1 saturated heterocycles. The molecule has 1 aliphatic rings. The molecule has 1 aliphatic heterocycles. The number of nitrogens with zero attached hydrogens (tertiary/aromatic N) is 1. The normalized spacial score (nSPS) is 18.0. The van der Waals surface area contributed by atoms with E-state index in [0.717, 1.165) is 19.5 Å². The molecule has 0 saturated carbocycles. The summed E-state index contributed by atoms with van der Waals surface area (Å²) >= 11 is 0. The lowest BCUT2D eigenvalue weighted by atomic mass is 9.67. The van der Waals surface area contributed by atoms with Crippen molar-refractivity contribution in [3.8, 4) is 0 Å². The lowest BCUT2D eigenvalue weighted by Gasteiger charge is -2.37.